The number of carbonyl (C=O) groups is 1. The van der Waals surface area contributed by atoms with Crippen LogP contribution in [0, 0.1) is 5.92 Å². The summed E-state index contributed by atoms with van der Waals surface area (Å²) in [5.41, 5.74) is 0.520. The third-order valence-electron chi connectivity index (χ3n) is 3.13. The van der Waals surface area contributed by atoms with Gasteiger partial charge in [0.15, 0.2) is 0 Å². The number of pyridine rings is 1. The molecule has 4 heteroatoms. The summed E-state index contributed by atoms with van der Waals surface area (Å²) in [5.74, 6) is 0.397. The molecule has 3 nitrogen and oxygen atoms in total. The zero-order chi connectivity index (χ0) is 12.3. The number of nitrogens with zero attached hydrogens (tertiary/aromatic N) is 1. The van der Waals surface area contributed by atoms with Gasteiger partial charge >= 0.3 is 5.97 Å². The Hall–Kier alpha value is -0.900. The van der Waals surface area contributed by atoms with Crippen LogP contribution >= 0.6 is 15.9 Å². The first-order valence-corrected chi connectivity index (χ1v) is 6.77. The topological polar surface area (TPSA) is 39.2 Å². The maximum Gasteiger partial charge on any atom is 0.339 e. The van der Waals surface area contributed by atoms with Crippen molar-refractivity contribution in [2.75, 3.05) is 0 Å². The molecule has 0 amide bonds. The Morgan fingerprint density at radius 1 is 1.47 bits per heavy atom. The molecule has 1 aromatic heterocycles. The van der Waals surface area contributed by atoms with Crippen LogP contribution in [0.2, 0.25) is 0 Å². The van der Waals surface area contributed by atoms with Gasteiger partial charge in [0.2, 0.25) is 0 Å². The second kappa shape index (κ2) is 5.63. The number of carbonyl (C=O) groups excluding carboxylic acids is 1. The van der Waals surface area contributed by atoms with Crippen molar-refractivity contribution in [3.63, 3.8) is 0 Å². The molecule has 0 aromatic carbocycles. The SMILES string of the molecule is CC1CCCC(OC(=O)c2ccc(Br)nc2)C1. The van der Waals surface area contributed by atoms with Gasteiger partial charge in [-0.3, -0.25) is 0 Å². The molecule has 0 aliphatic heterocycles. The first-order chi connectivity index (χ1) is 8.15. The minimum absolute atomic E-state index is 0.0786. The average Bonchev–Trinajstić information content (AvgIpc) is 2.29. The predicted octanol–water partition coefficient (Wildman–Crippen LogP) is 3.58. The summed E-state index contributed by atoms with van der Waals surface area (Å²) >= 11 is 3.24. The lowest BCUT2D eigenvalue weighted by Crippen LogP contribution is -2.24. The molecule has 0 spiro atoms. The number of esters is 1. The molecule has 1 saturated carbocycles. The normalized spacial score (nSPS) is 24.4. The van der Waals surface area contributed by atoms with Crippen LogP contribution in [0.25, 0.3) is 0 Å². The lowest BCUT2D eigenvalue weighted by molar-refractivity contribution is 0.0154. The average molecular weight is 298 g/mol. The smallest absolute Gasteiger partial charge is 0.339 e. The van der Waals surface area contributed by atoms with Gasteiger partial charge in [-0.2, -0.15) is 0 Å². The Bertz CT molecular complexity index is 391. The minimum atomic E-state index is -0.260. The third kappa shape index (κ3) is 3.53. The molecular weight excluding hydrogens is 282 g/mol. The van der Waals surface area contributed by atoms with E-state index in [0.29, 0.717) is 11.5 Å². The van der Waals surface area contributed by atoms with E-state index in [1.807, 2.05) is 0 Å². The molecule has 2 rings (SSSR count). The summed E-state index contributed by atoms with van der Waals surface area (Å²) in [6, 6.07) is 3.48. The van der Waals surface area contributed by atoms with Crippen molar-refractivity contribution in [2.24, 2.45) is 5.92 Å². The quantitative estimate of drug-likeness (QED) is 0.619. The lowest BCUT2D eigenvalue weighted by Gasteiger charge is -2.26. The zero-order valence-electron chi connectivity index (χ0n) is 9.86. The van der Waals surface area contributed by atoms with E-state index in [0.717, 1.165) is 23.9 Å². The van der Waals surface area contributed by atoms with E-state index in [9.17, 15) is 4.79 Å². The second-order valence-corrected chi connectivity index (χ2v) is 5.48. The van der Waals surface area contributed by atoms with Gasteiger partial charge in [0, 0.05) is 6.20 Å². The van der Waals surface area contributed by atoms with Crippen LogP contribution in [0.1, 0.15) is 43.0 Å². The summed E-state index contributed by atoms with van der Waals surface area (Å²) in [4.78, 5) is 15.9. The van der Waals surface area contributed by atoms with E-state index in [1.165, 1.54) is 6.42 Å². The third-order valence-corrected chi connectivity index (χ3v) is 3.59. The zero-order valence-corrected chi connectivity index (χ0v) is 11.4. The molecule has 1 aliphatic rings. The molecule has 17 heavy (non-hydrogen) atoms. The Balaban J connectivity index is 1.94. The van der Waals surface area contributed by atoms with Crippen molar-refractivity contribution < 1.29 is 9.53 Å². The van der Waals surface area contributed by atoms with E-state index in [2.05, 4.69) is 27.8 Å². The number of halogens is 1. The van der Waals surface area contributed by atoms with Crippen LogP contribution in [0.15, 0.2) is 22.9 Å². The van der Waals surface area contributed by atoms with Gasteiger partial charge in [-0.25, -0.2) is 9.78 Å². The highest BCUT2D eigenvalue weighted by Gasteiger charge is 2.22. The van der Waals surface area contributed by atoms with Gasteiger partial charge in [-0.15, -0.1) is 0 Å². The molecular formula is C13H16BrNO2. The number of ether oxygens (including phenoxy) is 1. The van der Waals surface area contributed by atoms with Crippen LogP contribution < -0.4 is 0 Å². The number of hydrogen-bond acceptors (Lipinski definition) is 3. The fraction of sp³-hybridized carbons (Fsp3) is 0.538. The highest BCUT2D eigenvalue weighted by molar-refractivity contribution is 9.10. The lowest BCUT2D eigenvalue weighted by atomic mass is 9.89. The highest BCUT2D eigenvalue weighted by atomic mass is 79.9. The molecule has 0 bridgehead atoms. The Morgan fingerprint density at radius 3 is 2.94 bits per heavy atom. The van der Waals surface area contributed by atoms with Gasteiger partial charge in [-0.05, 0) is 53.2 Å². The fourth-order valence-electron chi connectivity index (χ4n) is 2.20. The molecule has 0 N–H and O–H groups in total. The Kier molecular flexibility index (Phi) is 4.15. The van der Waals surface area contributed by atoms with Gasteiger partial charge in [0.05, 0.1) is 5.56 Å². The number of rotatable bonds is 2. The summed E-state index contributed by atoms with van der Waals surface area (Å²) in [6.45, 7) is 2.21. The predicted molar refractivity (Wildman–Crippen MR) is 68.8 cm³/mol. The molecule has 1 heterocycles. The number of aromatic nitrogens is 1. The van der Waals surface area contributed by atoms with Crippen molar-refractivity contribution in [3.8, 4) is 0 Å². The maximum atomic E-state index is 11.9. The fourth-order valence-corrected chi connectivity index (χ4v) is 2.44. The first kappa shape index (κ1) is 12.6. The summed E-state index contributed by atoms with van der Waals surface area (Å²) < 4.78 is 6.22. The van der Waals surface area contributed by atoms with Crippen molar-refractivity contribution in [1.29, 1.82) is 0 Å². The Morgan fingerprint density at radius 2 is 2.29 bits per heavy atom. The molecule has 0 saturated heterocycles. The molecule has 92 valence electrons. The van der Waals surface area contributed by atoms with Crippen LogP contribution in [-0.4, -0.2) is 17.1 Å². The van der Waals surface area contributed by atoms with Crippen molar-refractivity contribution in [3.05, 3.63) is 28.5 Å². The monoisotopic (exact) mass is 297 g/mol. The van der Waals surface area contributed by atoms with Gasteiger partial charge < -0.3 is 4.74 Å². The summed E-state index contributed by atoms with van der Waals surface area (Å²) in [6.07, 6.45) is 5.98. The van der Waals surface area contributed by atoms with Crippen molar-refractivity contribution in [1.82, 2.24) is 4.98 Å². The molecule has 0 radical (unpaired) electrons. The van der Waals surface area contributed by atoms with Crippen molar-refractivity contribution >= 4 is 21.9 Å². The van der Waals surface area contributed by atoms with Crippen LogP contribution in [0.3, 0.4) is 0 Å². The van der Waals surface area contributed by atoms with Crippen LogP contribution in [0.4, 0.5) is 0 Å². The van der Waals surface area contributed by atoms with E-state index < -0.39 is 0 Å². The Labute approximate surface area is 110 Å². The van der Waals surface area contributed by atoms with E-state index >= 15 is 0 Å². The molecule has 1 fully saturated rings. The largest absolute Gasteiger partial charge is 0.459 e. The standard InChI is InChI=1S/C13H16BrNO2/c1-9-3-2-4-11(7-9)17-13(16)10-5-6-12(14)15-8-10/h5-6,8-9,11H,2-4,7H2,1H3. The molecule has 2 unspecified atom stereocenters. The maximum absolute atomic E-state index is 11.9. The van der Waals surface area contributed by atoms with Gasteiger partial charge in [0.25, 0.3) is 0 Å². The number of hydrogen-bond donors (Lipinski definition) is 0. The van der Waals surface area contributed by atoms with Crippen LogP contribution in [0.5, 0.6) is 0 Å². The van der Waals surface area contributed by atoms with E-state index in [-0.39, 0.29) is 12.1 Å². The van der Waals surface area contributed by atoms with Gasteiger partial charge in [0.1, 0.15) is 10.7 Å². The highest BCUT2D eigenvalue weighted by Crippen LogP contribution is 2.26. The molecule has 1 aromatic rings. The molecule has 1 aliphatic carbocycles. The van der Waals surface area contributed by atoms with Crippen molar-refractivity contribution in [2.45, 2.75) is 38.7 Å². The van der Waals surface area contributed by atoms with Gasteiger partial charge in [-0.1, -0.05) is 13.3 Å². The van der Waals surface area contributed by atoms with E-state index in [1.54, 1.807) is 18.3 Å². The first-order valence-electron chi connectivity index (χ1n) is 5.97. The van der Waals surface area contributed by atoms with E-state index in [4.69, 9.17) is 4.74 Å². The second-order valence-electron chi connectivity index (χ2n) is 4.67. The van der Waals surface area contributed by atoms with Crippen LogP contribution in [-0.2, 0) is 4.74 Å². The minimum Gasteiger partial charge on any atom is -0.459 e. The molecule has 2 atom stereocenters. The summed E-state index contributed by atoms with van der Waals surface area (Å²) in [7, 11) is 0. The summed E-state index contributed by atoms with van der Waals surface area (Å²) in [5, 5.41) is 0.